The Balaban J connectivity index is 1.46. The number of rotatable bonds is 6. The molecule has 7 heteroatoms. The van der Waals surface area contributed by atoms with Gasteiger partial charge in [0, 0.05) is 44.9 Å². The Kier molecular flexibility index (Phi) is 6.21. The van der Waals surface area contributed by atoms with Crippen molar-refractivity contribution in [1.82, 2.24) is 10.2 Å². The van der Waals surface area contributed by atoms with Gasteiger partial charge in [-0.15, -0.1) is 0 Å². The molecule has 2 aliphatic heterocycles. The van der Waals surface area contributed by atoms with Gasteiger partial charge >= 0.3 is 0 Å². The minimum atomic E-state index is -0.393. The highest BCUT2D eigenvalue weighted by molar-refractivity contribution is 5.94. The fourth-order valence-electron chi connectivity index (χ4n) is 3.44. The zero-order valence-electron chi connectivity index (χ0n) is 15.2. The third-order valence-electron chi connectivity index (χ3n) is 5.00. The van der Waals surface area contributed by atoms with Crippen LogP contribution in [-0.4, -0.2) is 68.6 Å². The molecule has 6 nitrogen and oxygen atoms in total. The number of anilines is 1. The first-order valence-electron chi connectivity index (χ1n) is 9.20. The van der Waals surface area contributed by atoms with Gasteiger partial charge in [0.2, 0.25) is 5.91 Å². The number of hydrogen-bond donors (Lipinski definition) is 1. The van der Waals surface area contributed by atoms with Crippen molar-refractivity contribution < 1.29 is 18.7 Å². The summed E-state index contributed by atoms with van der Waals surface area (Å²) in [5.74, 6) is -0.480. The van der Waals surface area contributed by atoms with Crippen LogP contribution in [0.1, 0.15) is 30.1 Å². The summed E-state index contributed by atoms with van der Waals surface area (Å²) in [7, 11) is 0. The van der Waals surface area contributed by atoms with Crippen LogP contribution >= 0.6 is 0 Å². The van der Waals surface area contributed by atoms with E-state index in [4.69, 9.17) is 4.74 Å². The van der Waals surface area contributed by atoms with Gasteiger partial charge in [-0.25, -0.2) is 4.39 Å². The lowest BCUT2D eigenvalue weighted by Gasteiger charge is -2.36. The van der Waals surface area contributed by atoms with E-state index in [9.17, 15) is 14.0 Å². The maximum absolute atomic E-state index is 14.3. The second-order valence-corrected chi connectivity index (χ2v) is 6.86. The second kappa shape index (κ2) is 8.60. The summed E-state index contributed by atoms with van der Waals surface area (Å²) in [5.41, 5.74) is 0.857. The highest BCUT2D eigenvalue weighted by Gasteiger charge is 2.23. The van der Waals surface area contributed by atoms with E-state index in [2.05, 4.69) is 5.32 Å². The van der Waals surface area contributed by atoms with Crippen LogP contribution in [0.5, 0.6) is 0 Å². The van der Waals surface area contributed by atoms with Crippen LogP contribution < -0.4 is 10.2 Å². The predicted molar refractivity (Wildman–Crippen MR) is 97.0 cm³/mol. The summed E-state index contributed by atoms with van der Waals surface area (Å²) in [4.78, 5) is 27.4. The molecule has 0 aliphatic carbocycles. The standard InChI is InChI=1S/C19H26FN3O3/c1-14(24)15-4-5-18(17(20)11-15)22-6-8-23(9-7-22)19(25)13-21-12-16-3-2-10-26-16/h4-5,11,16,21H,2-3,6-10,12-13H2,1H3. The van der Waals surface area contributed by atoms with Gasteiger partial charge in [0.15, 0.2) is 5.78 Å². The molecule has 1 atom stereocenters. The van der Waals surface area contributed by atoms with E-state index in [0.717, 1.165) is 19.4 Å². The number of amides is 1. The molecule has 3 rings (SSSR count). The van der Waals surface area contributed by atoms with Crippen LogP contribution in [0.4, 0.5) is 10.1 Å². The average Bonchev–Trinajstić information content (AvgIpc) is 3.15. The lowest BCUT2D eigenvalue weighted by molar-refractivity contribution is -0.130. The Bertz CT molecular complexity index is 653. The smallest absolute Gasteiger partial charge is 0.236 e. The molecular formula is C19H26FN3O3. The van der Waals surface area contributed by atoms with Crippen molar-refractivity contribution in [3.05, 3.63) is 29.6 Å². The van der Waals surface area contributed by atoms with E-state index in [-0.39, 0.29) is 17.8 Å². The van der Waals surface area contributed by atoms with Crippen molar-refractivity contribution in [2.45, 2.75) is 25.9 Å². The first kappa shape index (κ1) is 18.8. The Morgan fingerprint density at radius 2 is 2.04 bits per heavy atom. The molecule has 0 saturated carbocycles. The van der Waals surface area contributed by atoms with Gasteiger partial charge in [-0.2, -0.15) is 0 Å². The summed E-state index contributed by atoms with van der Waals surface area (Å²) >= 11 is 0. The van der Waals surface area contributed by atoms with Crippen molar-refractivity contribution in [1.29, 1.82) is 0 Å². The van der Waals surface area contributed by atoms with E-state index in [1.807, 2.05) is 4.90 Å². The molecule has 0 bridgehead atoms. The van der Waals surface area contributed by atoms with E-state index in [1.165, 1.54) is 13.0 Å². The Morgan fingerprint density at radius 3 is 2.65 bits per heavy atom. The van der Waals surface area contributed by atoms with Gasteiger partial charge in [-0.05, 0) is 38.0 Å². The van der Waals surface area contributed by atoms with Gasteiger partial charge in [-0.3, -0.25) is 9.59 Å². The lowest BCUT2D eigenvalue weighted by atomic mass is 10.1. The first-order chi connectivity index (χ1) is 12.5. The van der Waals surface area contributed by atoms with Crippen molar-refractivity contribution in [3.8, 4) is 0 Å². The first-order valence-corrected chi connectivity index (χ1v) is 9.20. The van der Waals surface area contributed by atoms with E-state index < -0.39 is 5.82 Å². The minimum Gasteiger partial charge on any atom is -0.377 e. The molecule has 2 fully saturated rings. The molecule has 1 aromatic carbocycles. The monoisotopic (exact) mass is 363 g/mol. The number of benzene rings is 1. The van der Waals surface area contributed by atoms with E-state index in [1.54, 1.807) is 17.0 Å². The number of nitrogens with zero attached hydrogens (tertiary/aromatic N) is 2. The molecule has 1 N–H and O–H groups in total. The number of ether oxygens (including phenoxy) is 1. The normalized spacial score (nSPS) is 20.5. The maximum atomic E-state index is 14.3. The fraction of sp³-hybridized carbons (Fsp3) is 0.579. The molecule has 1 aromatic rings. The van der Waals surface area contributed by atoms with Gasteiger partial charge < -0.3 is 19.9 Å². The molecular weight excluding hydrogens is 337 g/mol. The summed E-state index contributed by atoms with van der Waals surface area (Å²) in [6.45, 7) is 5.53. The van der Waals surface area contributed by atoms with Crippen LogP contribution in [0.3, 0.4) is 0 Å². The van der Waals surface area contributed by atoms with Crippen LogP contribution in [0.2, 0.25) is 0 Å². The van der Waals surface area contributed by atoms with E-state index >= 15 is 0 Å². The number of carbonyl (C=O) groups is 2. The molecule has 0 radical (unpaired) electrons. The number of carbonyl (C=O) groups excluding carboxylic acids is 2. The number of hydrogen-bond acceptors (Lipinski definition) is 5. The SMILES string of the molecule is CC(=O)c1ccc(N2CCN(C(=O)CNCC3CCCO3)CC2)c(F)c1. The lowest BCUT2D eigenvalue weighted by Crippen LogP contribution is -2.51. The molecule has 2 aliphatic rings. The van der Waals surface area contributed by atoms with E-state index in [0.29, 0.717) is 50.5 Å². The summed E-state index contributed by atoms with van der Waals surface area (Å²) in [6.07, 6.45) is 2.36. The summed E-state index contributed by atoms with van der Waals surface area (Å²) in [5, 5.41) is 3.17. The average molecular weight is 363 g/mol. The highest BCUT2D eigenvalue weighted by Crippen LogP contribution is 2.22. The molecule has 1 unspecified atom stereocenters. The summed E-state index contributed by atoms with van der Waals surface area (Å²) in [6, 6.07) is 4.57. The topological polar surface area (TPSA) is 61.9 Å². The van der Waals surface area contributed by atoms with Crippen molar-refractivity contribution in [3.63, 3.8) is 0 Å². The molecule has 1 amide bonds. The number of nitrogens with one attached hydrogen (secondary N) is 1. The van der Waals surface area contributed by atoms with Crippen LogP contribution in [-0.2, 0) is 9.53 Å². The van der Waals surface area contributed by atoms with Gasteiger partial charge in [-0.1, -0.05) is 0 Å². The van der Waals surface area contributed by atoms with Crippen LogP contribution in [0.25, 0.3) is 0 Å². The second-order valence-electron chi connectivity index (χ2n) is 6.86. The zero-order valence-corrected chi connectivity index (χ0v) is 15.2. The molecule has 0 aromatic heterocycles. The molecule has 0 spiro atoms. The number of ketones is 1. The molecule has 142 valence electrons. The Hall–Kier alpha value is -1.99. The fourth-order valence-corrected chi connectivity index (χ4v) is 3.44. The largest absolute Gasteiger partial charge is 0.377 e. The predicted octanol–water partition coefficient (Wildman–Crippen LogP) is 1.45. The number of halogens is 1. The zero-order chi connectivity index (χ0) is 18.5. The Labute approximate surface area is 153 Å². The van der Waals surface area contributed by atoms with Crippen molar-refractivity contribution in [2.75, 3.05) is 50.8 Å². The quantitative estimate of drug-likeness (QED) is 0.775. The minimum absolute atomic E-state index is 0.0649. The van der Waals surface area contributed by atoms with Crippen LogP contribution in [0, 0.1) is 5.82 Å². The number of piperazine rings is 1. The summed E-state index contributed by atoms with van der Waals surface area (Å²) < 4.78 is 19.8. The maximum Gasteiger partial charge on any atom is 0.236 e. The Morgan fingerprint density at radius 1 is 1.27 bits per heavy atom. The van der Waals surface area contributed by atoms with Crippen molar-refractivity contribution in [2.24, 2.45) is 0 Å². The number of Topliss-reactive ketones (excluding diaryl/α,β-unsaturated/α-hetero) is 1. The van der Waals surface area contributed by atoms with Crippen molar-refractivity contribution >= 4 is 17.4 Å². The molecule has 26 heavy (non-hydrogen) atoms. The van der Waals surface area contributed by atoms with Gasteiger partial charge in [0.05, 0.1) is 18.3 Å². The molecule has 2 saturated heterocycles. The highest BCUT2D eigenvalue weighted by atomic mass is 19.1. The van der Waals surface area contributed by atoms with Crippen LogP contribution in [0.15, 0.2) is 18.2 Å². The van der Waals surface area contributed by atoms with Gasteiger partial charge in [0.1, 0.15) is 5.82 Å². The third kappa shape index (κ3) is 4.59. The third-order valence-corrected chi connectivity index (χ3v) is 5.00. The molecule has 2 heterocycles. The van der Waals surface area contributed by atoms with Gasteiger partial charge in [0.25, 0.3) is 0 Å².